The lowest BCUT2D eigenvalue weighted by molar-refractivity contribution is -0.105. The molecule has 0 heterocycles. The van der Waals surface area contributed by atoms with Gasteiger partial charge in [0, 0.05) is 5.56 Å². The van der Waals surface area contributed by atoms with Gasteiger partial charge in [0.1, 0.15) is 12.1 Å². The van der Waals surface area contributed by atoms with Crippen LogP contribution in [0.1, 0.15) is 19.4 Å². The monoisotopic (exact) mass is 192 g/mol. The second-order valence-corrected chi connectivity index (χ2v) is 3.44. The molecule has 1 aromatic rings. The Kier molecular flexibility index (Phi) is 3.57. The normalized spacial score (nSPS) is 11.9. The number of halogens is 1. The van der Waals surface area contributed by atoms with Crippen LogP contribution in [0.3, 0.4) is 0 Å². The lowest BCUT2D eigenvalue weighted by atomic mass is 10.0. The van der Waals surface area contributed by atoms with E-state index in [4.69, 9.17) is 0 Å². The molecule has 2 heteroatoms. The second-order valence-electron chi connectivity index (χ2n) is 3.44. The van der Waals surface area contributed by atoms with Gasteiger partial charge < -0.3 is 0 Å². The van der Waals surface area contributed by atoms with E-state index in [2.05, 4.69) is 0 Å². The third-order valence-electron chi connectivity index (χ3n) is 2.03. The first kappa shape index (κ1) is 10.6. The van der Waals surface area contributed by atoms with E-state index in [0.717, 1.165) is 6.29 Å². The zero-order valence-electron chi connectivity index (χ0n) is 8.33. The van der Waals surface area contributed by atoms with Crippen LogP contribution in [-0.2, 0) is 4.79 Å². The molecule has 0 aliphatic rings. The largest absolute Gasteiger partial charge is 0.298 e. The van der Waals surface area contributed by atoms with E-state index in [1.54, 1.807) is 24.3 Å². The maximum absolute atomic E-state index is 13.2. The average Bonchev–Trinajstić information content (AvgIpc) is 2.16. The van der Waals surface area contributed by atoms with Crippen molar-refractivity contribution in [2.24, 2.45) is 5.92 Å². The van der Waals surface area contributed by atoms with Crippen LogP contribution < -0.4 is 0 Å². The van der Waals surface area contributed by atoms with Gasteiger partial charge >= 0.3 is 0 Å². The van der Waals surface area contributed by atoms with Crippen LogP contribution in [-0.4, -0.2) is 6.29 Å². The highest BCUT2D eigenvalue weighted by Crippen LogP contribution is 2.15. The van der Waals surface area contributed by atoms with Gasteiger partial charge in [0.2, 0.25) is 0 Å². The number of benzene rings is 1. The van der Waals surface area contributed by atoms with E-state index < -0.39 is 0 Å². The van der Waals surface area contributed by atoms with Gasteiger partial charge in [-0.3, -0.25) is 4.79 Å². The van der Waals surface area contributed by atoms with Gasteiger partial charge in [-0.25, -0.2) is 4.39 Å². The molecule has 0 saturated heterocycles. The quantitative estimate of drug-likeness (QED) is 0.531. The summed E-state index contributed by atoms with van der Waals surface area (Å²) >= 11 is 0. The minimum atomic E-state index is -0.299. The summed E-state index contributed by atoms with van der Waals surface area (Å²) in [5, 5.41) is 0. The SMILES string of the molecule is CC(C)/C(C=O)=C\c1ccccc1F. The van der Waals surface area contributed by atoms with E-state index in [1.807, 2.05) is 13.8 Å². The number of carbonyl (C=O) groups is 1. The number of rotatable bonds is 3. The van der Waals surface area contributed by atoms with E-state index in [9.17, 15) is 9.18 Å². The number of hydrogen-bond acceptors (Lipinski definition) is 1. The van der Waals surface area contributed by atoms with Crippen LogP contribution in [0.15, 0.2) is 29.8 Å². The van der Waals surface area contributed by atoms with Gasteiger partial charge in [0.25, 0.3) is 0 Å². The lowest BCUT2D eigenvalue weighted by Crippen LogP contribution is -1.95. The standard InChI is InChI=1S/C12H13FO/c1-9(2)11(8-14)7-10-5-3-4-6-12(10)13/h3-9H,1-2H3/b11-7-. The van der Waals surface area contributed by atoms with E-state index >= 15 is 0 Å². The Morgan fingerprint density at radius 1 is 1.36 bits per heavy atom. The molecule has 0 aromatic heterocycles. The molecule has 0 spiro atoms. The van der Waals surface area contributed by atoms with Gasteiger partial charge in [-0.2, -0.15) is 0 Å². The van der Waals surface area contributed by atoms with Crippen LogP contribution in [0.25, 0.3) is 6.08 Å². The Labute approximate surface area is 83.3 Å². The van der Waals surface area contributed by atoms with Crippen LogP contribution in [0.2, 0.25) is 0 Å². The van der Waals surface area contributed by atoms with Gasteiger partial charge in [-0.05, 0) is 23.6 Å². The molecule has 1 nitrogen and oxygen atoms in total. The first-order valence-corrected chi connectivity index (χ1v) is 4.56. The molecule has 74 valence electrons. The maximum Gasteiger partial charge on any atom is 0.146 e. The van der Waals surface area contributed by atoms with Crippen molar-refractivity contribution in [1.82, 2.24) is 0 Å². The maximum atomic E-state index is 13.2. The van der Waals surface area contributed by atoms with Crippen molar-refractivity contribution in [1.29, 1.82) is 0 Å². The van der Waals surface area contributed by atoms with Crippen molar-refractivity contribution in [3.8, 4) is 0 Å². The third-order valence-corrected chi connectivity index (χ3v) is 2.03. The Balaban J connectivity index is 3.06. The highest BCUT2D eigenvalue weighted by molar-refractivity contribution is 5.82. The summed E-state index contributed by atoms with van der Waals surface area (Å²) < 4.78 is 13.2. The van der Waals surface area contributed by atoms with Gasteiger partial charge in [0.15, 0.2) is 0 Å². The molecule has 0 unspecified atom stereocenters. The van der Waals surface area contributed by atoms with Crippen molar-refractivity contribution in [3.05, 3.63) is 41.2 Å². The molecular formula is C12H13FO. The van der Waals surface area contributed by atoms with Crippen molar-refractivity contribution in [2.75, 3.05) is 0 Å². The van der Waals surface area contributed by atoms with Crippen molar-refractivity contribution < 1.29 is 9.18 Å². The number of hydrogen-bond donors (Lipinski definition) is 0. The Morgan fingerprint density at radius 3 is 2.50 bits per heavy atom. The molecule has 1 rings (SSSR count). The first-order valence-electron chi connectivity index (χ1n) is 4.56. The number of carbonyl (C=O) groups excluding carboxylic acids is 1. The Hall–Kier alpha value is -1.44. The van der Waals surface area contributed by atoms with E-state index in [1.165, 1.54) is 6.07 Å². The summed E-state index contributed by atoms with van der Waals surface area (Å²) in [6.45, 7) is 3.81. The van der Waals surface area contributed by atoms with Crippen LogP contribution in [0.5, 0.6) is 0 Å². The molecule has 0 radical (unpaired) electrons. The molecule has 0 N–H and O–H groups in total. The first-order chi connectivity index (χ1) is 6.65. The molecule has 0 fully saturated rings. The fourth-order valence-electron chi connectivity index (χ4n) is 1.11. The summed E-state index contributed by atoms with van der Waals surface area (Å²) in [6.07, 6.45) is 2.37. The number of aldehydes is 1. The van der Waals surface area contributed by atoms with Gasteiger partial charge in [-0.1, -0.05) is 32.0 Å². The summed E-state index contributed by atoms with van der Waals surface area (Å²) in [4.78, 5) is 10.7. The molecule has 14 heavy (non-hydrogen) atoms. The lowest BCUT2D eigenvalue weighted by Gasteiger charge is -2.03. The smallest absolute Gasteiger partial charge is 0.146 e. The molecule has 0 aliphatic carbocycles. The summed E-state index contributed by atoms with van der Waals surface area (Å²) in [6, 6.07) is 6.41. The molecule has 0 saturated carbocycles. The van der Waals surface area contributed by atoms with Crippen molar-refractivity contribution in [2.45, 2.75) is 13.8 Å². The van der Waals surface area contributed by atoms with Crippen LogP contribution in [0.4, 0.5) is 4.39 Å². The molecule has 0 amide bonds. The molecule has 0 atom stereocenters. The van der Waals surface area contributed by atoms with E-state index in [0.29, 0.717) is 11.1 Å². The van der Waals surface area contributed by atoms with Crippen LogP contribution >= 0.6 is 0 Å². The highest BCUT2D eigenvalue weighted by Gasteiger charge is 2.03. The topological polar surface area (TPSA) is 17.1 Å². The zero-order valence-corrected chi connectivity index (χ0v) is 8.33. The average molecular weight is 192 g/mol. The minimum absolute atomic E-state index is 0.118. The molecule has 0 bridgehead atoms. The fraction of sp³-hybridized carbons (Fsp3) is 0.250. The second kappa shape index (κ2) is 4.70. The predicted octanol–water partition coefficient (Wildman–Crippen LogP) is 3.06. The molecule has 1 aromatic carbocycles. The fourth-order valence-corrected chi connectivity index (χ4v) is 1.11. The highest BCUT2D eigenvalue weighted by atomic mass is 19.1. The summed E-state index contributed by atoms with van der Waals surface area (Å²) in [7, 11) is 0. The van der Waals surface area contributed by atoms with Crippen molar-refractivity contribution >= 4 is 12.4 Å². The summed E-state index contributed by atoms with van der Waals surface area (Å²) in [5.41, 5.74) is 1.07. The number of allylic oxidation sites excluding steroid dienone is 1. The zero-order chi connectivity index (χ0) is 10.6. The minimum Gasteiger partial charge on any atom is -0.298 e. The third kappa shape index (κ3) is 2.52. The van der Waals surface area contributed by atoms with Crippen molar-refractivity contribution in [3.63, 3.8) is 0 Å². The Morgan fingerprint density at radius 2 is 2.00 bits per heavy atom. The Bertz CT molecular complexity index is 353. The summed E-state index contributed by atoms with van der Waals surface area (Å²) in [5.74, 6) is -0.181. The van der Waals surface area contributed by atoms with Gasteiger partial charge in [0.05, 0.1) is 0 Å². The van der Waals surface area contributed by atoms with E-state index in [-0.39, 0.29) is 11.7 Å². The molecule has 0 aliphatic heterocycles. The van der Waals surface area contributed by atoms with Gasteiger partial charge in [-0.15, -0.1) is 0 Å². The molecular weight excluding hydrogens is 179 g/mol. The van der Waals surface area contributed by atoms with Crippen LogP contribution in [0, 0.1) is 11.7 Å². The predicted molar refractivity (Wildman–Crippen MR) is 55.3 cm³/mol.